The number of nitrogens with one attached hydrogen (secondary N) is 1. The zero-order chi connectivity index (χ0) is 23.1. The molecule has 5 nitrogen and oxygen atoms in total. The van der Waals surface area contributed by atoms with Crippen LogP contribution in [0, 0.1) is 13.8 Å². The minimum Gasteiger partial charge on any atom is -0.232 e. The average Bonchev–Trinajstić information content (AvgIpc) is 3.13. The molecule has 1 aromatic heterocycles. The lowest BCUT2D eigenvalue weighted by molar-refractivity contribution is -0.141. The quantitative estimate of drug-likeness (QED) is 0.580. The Hall–Kier alpha value is -2.65. The Labute approximate surface area is 180 Å². The molecule has 31 heavy (non-hydrogen) atoms. The van der Waals surface area contributed by atoms with E-state index in [9.17, 15) is 21.6 Å². The van der Waals surface area contributed by atoms with Crippen molar-refractivity contribution in [2.75, 3.05) is 7.05 Å². The molecule has 0 saturated heterocycles. The van der Waals surface area contributed by atoms with Crippen molar-refractivity contribution >= 4 is 10.0 Å². The molecule has 0 fully saturated rings. The summed E-state index contributed by atoms with van der Waals surface area (Å²) in [6.07, 6.45) is -4.61. The summed E-state index contributed by atoms with van der Waals surface area (Å²) in [5.74, 6) is 0.286. The number of aromatic nitrogens is 2. The third-order valence-corrected chi connectivity index (χ3v) is 6.72. The molecule has 9 heteroatoms. The minimum absolute atomic E-state index is 0.0561. The van der Waals surface area contributed by atoms with E-state index in [2.05, 4.69) is 23.7 Å². The Kier molecular flexibility index (Phi) is 6.03. The van der Waals surface area contributed by atoms with Gasteiger partial charge in [0.2, 0.25) is 10.0 Å². The van der Waals surface area contributed by atoms with Crippen molar-refractivity contribution in [3.05, 3.63) is 64.8 Å². The zero-order valence-corrected chi connectivity index (χ0v) is 18.7. The van der Waals surface area contributed by atoms with Crippen LogP contribution in [0.25, 0.3) is 16.9 Å². The van der Waals surface area contributed by atoms with Crippen LogP contribution in [0.2, 0.25) is 0 Å². The molecule has 0 radical (unpaired) electrons. The lowest BCUT2D eigenvalue weighted by Crippen LogP contribution is -2.19. The number of sulfonamides is 1. The van der Waals surface area contributed by atoms with Crippen molar-refractivity contribution in [3.63, 3.8) is 0 Å². The number of aryl methyl sites for hydroxylation is 2. The summed E-state index contributed by atoms with van der Waals surface area (Å²) in [5.41, 5.74) is 2.67. The van der Waals surface area contributed by atoms with Gasteiger partial charge in [-0.1, -0.05) is 26.0 Å². The van der Waals surface area contributed by atoms with Gasteiger partial charge in [-0.25, -0.2) is 17.8 Å². The minimum atomic E-state index is -4.61. The van der Waals surface area contributed by atoms with Crippen molar-refractivity contribution in [3.8, 4) is 16.9 Å². The third-order valence-electron chi connectivity index (χ3n) is 5.15. The highest BCUT2D eigenvalue weighted by Gasteiger charge is 2.35. The van der Waals surface area contributed by atoms with Gasteiger partial charge in [0, 0.05) is 5.56 Å². The molecule has 0 aliphatic heterocycles. The van der Waals surface area contributed by atoms with Crippen molar-refractivity contribution in [1.29, 1.82) is 0 Å². The molecule has 0 saturated carbocycles. The van der Waals surface area contributed by atoms with Gasteiger partial charge in [0.15, 0.2) is 5.69 Å². The second-order valence-electron chi connectivity index (χ2n) is 7.71. The average molecular weight is 452 g/mol. The monoisotopic (exact) mass is 451 g/mol. The zero-order valence-electron chi connectivity index (χ0n) is 17.9. The van der Waals surface area contributed by atoms with Crippen LogP contribution in [0.1, 0.15) is 42.1 Å². The van der Waals surface area contributed by atoms with Crippen LogP contribution in [-0.2, 0) is 16.2 Å². The van der Waals surface area contributed by atoms with Gasteiger partial charge in [0.25, 0.3) is 0 Å². The van der Waals surface area contributed by atoms with E-state index in [0.717, 1.165) is 17.2 Å². The summed E-state index contributed by atoms with van der Waals surface area (Å²) < 4.78 is 68.0. The maximum atomic E-state index is 13.4. The SMILES string of the molecule is CNS(=O)(=O)c1ccc(-n2nc(C(F)(F)F)cc2-c2ccc(C(C)C)c(C)c2)cc1C. The summed E-state index contributed by atoms with van der Waals surface area (Å²) in [4.78, 5) is 0.0561. The second kappa shape index (κ2) is 8.12. The maximum Gasteiger partial charge on any atom is 0.435 e. The van der Waals surface area contributed by atoms with Gasteiger partial charge in [-0.3, -0.25) is 0 Å². The number of nitrogens with zero attached hydrogens (tertiary/aromatic N) is 2. The van der Waals surface area contributed by atoms with E-state index in [1.54, 1.807) is 13.0 Å². The molecule has 1 N–H and O–H groups in total. The van der Waals surface area contributed by atoms with E-state index >= 15 is 0 Å². The van der Waals surface area contributed by atoms with Gasteiger partial charge < -0.3 is 0 Å². The van der Waals surface area contributed by atoms with Crippen molar-refractivity contribution in [2.24, 2.45) is 0 Å². The van der Waals surface area contributed by atoms with Crippen molar-refractivity contribution in [1.82, 2.24) is 14.5 Å². The highest BCUT2D eigenvalue weighted by atomic mass is 32.2. The van der Waals surface area contributed by atoms with Crippen molar-refractivity contribution < 1.29 is 21.6 Å². The Balaban J connectivity index is 2.21. The molecule has 0 aliphatic rings. The van der Waals surface area contributed by atoms with Gasteiger partial charge in [-0.05, 0) is 73.8 Å². The Morgan fingerprint density at radius 2 is 1.68 bits per heavy atom. The molecule has 0 bridgehead atoms. The highest BCUT2D eigenvalue weighted by molar-refractivity contribution is 7.89. The fourth-order valence-corrected chi connectivity index (χ4v) is 4.53. The first kappa shape index (κ1) is 23.0. The van der Waals surface area contributed by atoms with Crippen LogP contribution < -0.4 is 4.72 Å². The van der Waals surface area contributed by atoms with Gasteiger partial charge in [-0.2, -0.15) is 18.3 Å². The van der Waals surface area contributed by atoms with Crippen LogP contribution in [0.4, 0.5) is 13.2 Å². The van der Waals surface area contributed by atoms with Gasteiger partial charge in [-0.15, -0.1) is 0 Å². The summed E-state index contributed by atoms with van der Waals surface area (Å²) in [7, 11) is -2.39. The van der Waals surface area contributed by atoms with E-state index in [4.69, 9.17) is 0 Å². The molecule has 0 spiro atoms. The second-order valence-corrected chi connectivity index (χ2v) is 9.56. The number of benzene rings is 2. The largest absolute Gasteiger partial charge is 0.435 e. The number of hydrogen-bond acceptors (Lipinski definition) is 3. The number of hydrogen-bond donors (Lipinski definition) is 1. The van der Waals surface area contributed by atoms with Crippen LogP contribution in [-0.4, -0.2) is 25.2 Å². The van der Waals surface area contributed by atoms with E-state index in [1.807, 2.05) is 19.1 Å². The summed E-state index contributed by atoms with van der Waals surface area (Å²) in [5, 5.41) is 3.80. The Morgan fingerprint density at radius 1 is 1.00 bits per heavy atom. The molecule has 3 aromatic rings. The number of halogens is 3. The van der Waals surface area contributed by atoms with E-state index in [0.29, 0.717) is 16.8 Å². The smallest absolute Gasteiger partial charge is 0.232 e. The molecule has 166 valence electrons. The van der Waals surface area contributed by atoms with Gasteiger partial charge in [0.05, 0.1) is 16.3 Å². The molecule has 0 unspecified atom stereocenters. The van der Waals surface area contributed by atoms with E-state index < -0.39 is 21.9 Å². The van der Waals surface area contributed by atoms with Crippen LogP contribution in [0.3, 0.4) is 0 Å². The molecular weight excluding hydrogens is 427 g/mol. The highest BCUT2D eigenvalue weighted by Crippen LogP contribution is 2.35. The van der Waals surface area contributed by atoms with Gasteiger partial charge in [0.1, 0.15) is 0 Å². The molecule has 0 atom stereocenters. The van der Waals surface area contributed by atoms with Crippen LogP contribution in [0.5, 0.6) is 0 Å². The topological polar surface area (TPSA) is 64.0 Å². The lowest BCUT2D eigenvalue weighted by Gasteiger charge is -2.14. The summed E-state index contributed by atoms with van der Waals surface area (Å²) in [6, 6.07) is 10.9. The van der Waals surface area contributed by atoms with Crippen molar-refractivity contribution in [2.45, 2.75) is 44.7 Å². The molecule has 2 aromatic carbocycles. The predicted octanol–water partition coefficient (Wildman–Crippen LogP) is 5.21. The lowest BCUT2D eigenvalue weighted by atomic mass is 9.95. The fourth-order valence-electron chi connectivity index (χ4n) is 3.58. The van der Waals surface area contributed by atoms with Crippen LogP contribution in [0.15, 0.2) is 47.4 Å². The predicted molar refractivity (Wildman–Crippen MR) is 114 cm³/mol. The van der Waals surface area contributed by atoms with Gasteiger partial charge >= 0.3 is 6.18 Å². The Bertz CT molecular complexity index is 1230. The van der Waals surface area contributed by atoms with E-state index in [-0.39, 0.29) is 16.5 Å². The first-order chi connectivity index (χ1) is 14.3. The third kappa shape index (κ3) is 4.52. The summed E-state index contributed by atoms with van der Waals surface area (Å²) >= 11 is 0. The maximum absolute atomic E-state index is 13.4. The van der Waals surface area contributed by atoms with Crippen LogP contribution >= 0.6 is 0 Å². The molecule has 1 heterocycles. The fraction of sp³-hybridized carbons (Fsp3) is 0.318. The Morgan fingerprint density at radius 3 is 2.19 bits per heavy atom. The number of rotatable bonds is 5. The normalized spacial score (nSPS) is 12.5. The number of alkyl halides is 3. The standard InChI is InChI=1S/C22H24F3N3O2S/c1-13(2)18-8-6-16(10-14(18)3)19-12-21(22(23,24)25)27-28(19)17-7-9-20(15(4)11-17)31(29,30)26-5/h6-13,26H,1-5H3. The molecule has 0 amide bonds. The first-order valence-electron chi connectivity index (χ1n) is 9.68. The molecule has 3 rings (SSSR count). The molecule has 0 aliphatic carbocycles. The first-order valence-corrected chi connectivity index (χ1v) is 11.2. The summed E-state index contributed by atoms with van der Waals surface area (Å²) in [6.45, 7) is 7.62. The van der Waals surface area contributed by atoms with E-state index in [1.165, 1.54) is 29.9 Å². The molecular formula is C22H24F3N3O2S.